The molecule has 3 N–H and O–H groups in total. The minimum atomic E-state index is -0.328. The summed E-state index contributed by atoms with van der Waals surface area (Å²) in [6, 6.07) is 0. The number of H-pyrrole nitrogens is 1. The van der Waals surface area contributed by atoms with E-state index in [4.69, 9.17) is 10.5 Å². The molecule has 0 aliphatic carbocycles. The van der Waals surface area contributed by atoms with Gasteiger partial charge in [-0.1, -0.05) is 13.3 Å². The van der Waals surface area contributed by atoms with Gasteiger partial charge < -0.3 is 15.4 Å². The van der Waals surface area contributed by atoms with Gasteiger partial charge in [0.05, 0.1) is 30.1 Å². The number of nitrogens with zero attached hydrogens (tertiary/aromatic N) is 2. The van der Waals surface area contributed by atoms with Gasteiger partial charge in [-0.3, -0.25) is 9.89 Å². The van der Waals surface area contributed by atoms with Crippen molar-refractivity contribution in [1.29, 1.82) is 0 Å². The van der Waals surface area contributed by atoms with Crippen LogP contribution in [-0.2, 0) is 11.2 Å². The van der Waals surface area contributed by atoms with Crippen LogP contribution in [0.4, 0.5) is 5.69 Å². The number of nitrogens with two attached hydrogens (primary N) is 1. The van der Waals surface area contributed by atoms with Gasteiger partial charge >= 0.3 is 0 Å². The van der Waals surface area contributed by atoms with Crippen LogP contribution in [0.3, 0.4) is 0 Å². The number of morpholine rings is 1. The predicted octanol–water partition coefficient (Wildman–Crippen LogP) is 1.20. The first-order valence-electron chi connectivity index (χ1n) is 6.70. The number of nitrogens with one attached hydrogen (secondary N) is 1. The van der Waals surface area contributed by atoms with Gasteiger partial charge in [0, 0.05) is 6.54 Å². The molecule has 1 aromatic heterocycles. The Morgan fingerprint density at radius 3 is 2.95 bits per heavy atom. The van der Waals surface area contributed by atoms with Crippen molar-refractivity contribution >= 4 is 11.6 Å². The average molecular weight is 266 g/mol. The molecule has 1 saturated heterocycles. The average Bonchev–Trinajstić information content (AvgIpc) is 2.70. The summed E-state index contributed by atoms with van der Waals surface area (Å²) >= 11 is 0. The van der Waals surface area contributed by atoms with Crippen LogP contribution in [0.25, 0.3) is 0 Å². The highest BCUT2D eigenvalue weighted by atomic mass is 16.5. The standard InChI is InChI=1S/C13H22N4O2/c1-4-5-9-10(14)11(16-15-9)12(18)17-6-7-19-8-13(17,2)3/h4-8,14H2,1-3H3,(H,15,16). The third-order valence-electron chi connectivity index (χ3n) is 3.48. The largest absolute Gasteiger partial charge is 0.395 e. The fourth-order valence-electron chi connectivity index (χ4n) is 2.35. The minimum absolute atomic E-state index is 0.121. The van der Waals surface area contributed by atoms with Crippen LogP contribution in [0.1, 0.15) is 43.4 Å². The molecule has 0 spiro atoms. The Labute approximate surface area is 113 Å². The van der Waals surface area contributed by atoms with Crippen LogP contribution in [0.2, 0.25) is 0 Å². The summed E-state index contributed by atoms with van der Waals surface area (Å²) in [5.74, 6) is -0.121. The van der Waals surface area contributed by atoms with E-state index in [1.54, 1.807) is 4.90 Å². The zero-order chi connectivity index (χ0) is 14.0. The molecule has 0 atom stereocenters. The second-order valence-corrected chi connectivity index (χ2v) is 5.54. The van der Waals surface area contributed by atoms with E-state index < -0.39 is 0 Å². The third kappa shape index (κ3) is 2.58. The summed E-state index contributed by atoms with van der Waals surface area (Å²) in [4.78, 5) is 14.4. The zero-order valence-electron chi connectivity index (χ0n) is 11.8. The van der Waals surface area contributed by atoms with E-state index in [-0.39, 0.29) is 11.4 Å². The summed E-state index contributed by atoms with van der Waals surface area (Å²) in [6.07, 6.45) is 1.77. The van der Waals surface area contributed by atoms with Crippen molar-refractivity contribution in [3.63, 3.8) is 0 Å². The fourth-order valence-corrected chi connectivity index (χ4v) is 2.35. The highest BCUT2D eigenvalue weighted by Gasteiger charge is 2.36. The fraction of sp³-hybridized carbons (Fsp3) is 0.692. The van der Waals surface area contributed by atoms with Gasteiger partial charge in [-0.25, -0.2) is 0 Å². The van der Waals surface area contributed by atoms with Crippen LogP contribution >= 0.6 is 0 Å². The van der Waals surface area contributed by atoms with Crippen LogP contribution < -0.4 is 5.73 Å². The maximum atomic E-state index is 12.6. The number of amides is 1. The first kappa shape index (κ1) is 13.9. The Morgan fingerprint density at radius 1 is 1.58 bits per heavy atom. The molecule has 0 bridgehead atoms. The van der Waals surface area contributed by atoms with Gasteiger partial charge in [0.25, 0.3) is 5.91 Å². The summed E-state index contributed by atoms with van der Waals surface area (Å²) in [6.45, 7) is 7.69. The first-order valence-corrected chi connectivity index (χ1v) is 6.70. The van der Waals surface area contributed by atoms with E-state index in [0.29, 0.717) is 31.1 Å². The molecule has 1 amide bonds. The number of carbonyl (C=O) groups excluding carboxylic acids is 1. The number of aromatic nitrogens is 2. The van der Waals surface area contributed by atoms with Gasteiger partial charge in [-0.2, -0.15) is 5.10 Å². The Hall–Kier alpha value is -1.56. The molecule has 0 radical (unpaired) electrons. The molecule has 19 heavy (non-hydrogen) atoms. The Morgan fingerprint density at radius 2 is 2.32 bits per heavy atom. The Balaban J connectivity index is 2.24. The van der Waals surface area contributed by atoms with E-state index in [9.17, 15) is 4.79 Å². The molecule has 1 aliphatic rings. The van der Waals surface area contributed by atoms with Crippen molar-refractivity contribution in [2.75, 3.05) is 25.5 Å². The molecule has 2 heterocycles. The molecule has 0 aromatic carbocycles. The van der Waals surface area contributed by atoms with Gasteiger partial charge in [0.15, 0.2) is 5.69 Å². The Bertz CT molecular complexity index is 467. The maximum absolute atomic E-state index is 12.6. The normalized spacial score (nSPS) is 18.6. The number of hydrogen-bond donors (Lipinski definition) is 2. The second-order valence-electron chi connectivity index (χ2n) is 5.54. The van der Waals surface area contributed by atoms with Crippen molar-refractivity contribution < 1.29 is 9.53 Å². The Kier molecular flexibility index (Phi) is 3.80. The molecule has 2 rings (SSSR count). The number of ether oxygens (including phenoxy) is 1. The van der Waals surface area contributed by atoms with E-state index in [1.165, 1.54) is 0 Å². The van der Waals surface area contributed by atoms with Gasteiger partial charge in [0.2, 0.25) is 0 Å². The quantitative estimate of drug-likeness (QED) is 0.861. The summed E-state index contributed by atoms with van der Waals surface area (Å²) in [7, 11) is 0. The number of nitrogen functional groups attached to an aromatic ring is 1. The van der Waals surface area contributed by atoms with E-state index in [1.807, 2.05) is 13.8 Å². The van der Waals surface area contributed by atoms with Crippen molar-refractivity contribution in [2.24, 2.45) is 0 Å². The second kappa shape index (κ2) is 5.21. The van der Waals surface area contributed by atoms with Gasteiger partial charge in [-0.15, -0.1) is 0 Å². The van der Waals surface area contributed by atoms with Crippen LogP contribution in [0.15, 0.2) is 0 Å². The molecule has 6 nitrogen and oxygen atoms in total. The van der Waals surface area contributed by atoms with Crippen LogP contribution in [0, 0.1) is 0 Å². The first-order chi connectivity index (χ1) is 8.97. The number of carbonyl (C=O) groups is 1. The van der Waals surface area contributed by atoms with Crippen molar-refractivity contribution in [3.8, 4) is 0 Å². The molecule has 0 unspecified atom stereocenters. The lowest BCUT2D eigenvalue weighted by Crippen LogP contribution is -2.55. The van der Waals surface area contributed by atoms with Crippen molar-refractivity contribution in [2.45, 2.75) is 39.2 Å². The summed E-state index contributed by atoms with van der Waals surface area (Å²) < 4.78 is 5.42. The number of aromatic amines is 1. The lowest BCUT2D eigenvalue weighted by molar-refractivity contribution is -0.0372. The van der Waals surface area contributed by atoms with E-state index >= 15 is 0 Å². The number of hydrogen-bond acceptors (Lipinski definition) is 4. The molecule has 6 heteroatoms. The predicted molar refractivity (Wildman–Crippen MR) is 72.9 cm³/mol. The number of aryl methyl sites for hydroxylation is 1. The van der Waals surface area contributed by atoms with Crippen LogP contribution in [0.5, 0.6) is 0 Å². The molecular formula is C13H22N4O2. The SMILES string of the molecule is CCCc1[nH]nc(C(=O)N2CCOCC2(C)C)c1N. The molecule has 1 aliphatic heterocycles. The number of anilines is 1. The molecule has 1 fully saturated rings. The topological polar surface area (TPSA) is 84.2 Å². The van der Waals surface area contributed by atoms with E-state index in [0.717, 1.165) is 18.5 Å². The summed E-state index contributed by atoms with van der Waals surface area (Å²) in [5, 5.41) is 6.96. The monoisotopic (exact) mass is 266 g/mol. The van der Waals surface area contributed by atoms with Crippen LogP contribution in [-0.4, -0.2) is 46.3 Å². The van der Waals surface area contributed by atoms with Crippen molar-refractivity contribution in [1.82, 2.24) is 15.1 Å². The van der Waals surface area contributed by atoms with E-state index in [2.05, 4.69) is 17.1 Å². The van der Waals surface area contributed by atoms with Gasteiger partial charge in [0.1, 0.15) is 0 Å². The highest BCUT2D eigenvalue weighted by molar-refractivity contribution is 5.98. The number of rotatable bonds is 3. The van der Waals surface area contributed by atoms with Crippen molar-refractivity contribution in [3.05, 3.63) is 11.4 Å². The lowest BCUT2D eigenvalue weighted by atomic mass is 10.0. The highest BCUT2D eigenvalue weighted by Crippen LogP contribution is 2.24. The maximum Gasteiger partial charge on any atom is 0.277 e. The smallest absolute Gasteiger partial charge is 0.277 e. The molecule has 1 aromatic rings. The molecule has 106 valence electrons. The third-order valence-corrected chi connectivity index (χ3v) is 3.48. The summed E-state index contributed by atoms with van der Waals surface area (Å²) in [5.41, 5.74) is 7.34. The lowest BCUT2D eigenvalue weighted by Gasteiger charge is -2.41. The minimum Gasteiger partial charge on any atom is -0.395 e. The molecular weight excluding hydrogens is 244 g/mol. The zero-order valence-corrected chi connectivity index (χ0v) is 11.8. The molecule has 0 saturated carbocycles. The van der Waals surface area contributed by atoms with Gasteiger partial charge in [-0.05, 0) is 20.3 Å².